The van der Waals surface area contributed by atoms with Gasteiger partial charge in [0.15, 0.2) is 0 Å². The number of nitrogens with zero attached hydrogens (tertiary/aromatic N) is 1. The fourth-order valence-corrected chi connectivity index (χ4v) is 2.64. The first-order chi connectivity index (χ1) is 9.60. The zero-order valence-corrected chi connectivity index (χ0v) is 12.2. The van der Waals surface area contributed by atoms with Gasteiger partial charge in [-0.3, -0.25) is 4.98 Å². The van der Waals surface area contributed by atoms with Gasteiger partial charge in [0, 0.05) is 11.8 Å². The first-order valence-corrected chi connectivity index (χ1v) is 6.58. The lowest BCUT2D eigenvalue weighted by atomic mass is 10.1. The van der Waals surface area contributed by atoms with Crippen LogP contribution in [0.25, 0.3) is 11.3 Å². The maximum absolute atomic E-state index is 12.8. The summed E-state index contributed by atoms with van der Waals surface area (Å²) in [7, 11) is 0. The summed E-state index contributed by atoms with van der Waals surface area (Å²) in [5.41, 5.74) is -2.00. The van der Waals surface area contributed by atoms with E-state index in [0.29, 0.717) is 0 Å². The zero-order valence-electron chi connectivity index (χ0n) is 10.1. The monoisotopic (exact) mass is 417 g/mol. The van der Waals surface area contributed by atoms with Gasteiger partial charge in [0.05, 0.1) is 20.4 Å². The van der Waals surface area contributed by atoms with Gasteiger partial charge in [-0.05, 0) is 40.8 Å². The molecule has 0 fully saturated rings. The van der Waals surface area contributed by atoms with E-state index in [9.17, 15) is 26.3 Å². The van der Waals surface area contributed by atoms with Crippen molar-refractivity contribution >= 4 is 22.6 Å². The molecular weight excluding hydrogens is 411 g/mol. The van der Waals surface area contributed by atoms with Crippen molar-refractivity contribution in [2.24, 2.45) is 0 Å². The van der Waals surface area contributed by atoms with E-state index in [1.807, 2.05) is 0 Å². The lowest BCUT2D eigenvalue weighted by Gasteiger charge is -2.13. The zero-order chi connectivity index (χ0) is 15.8. The Morgan fingerprint density at radius 2 is 1.57 bits per heavy atom. The molecule has 0 bridgehead atoms. The topological polar surface area (TPSA) is 12.9 Å². The summed E-state index contributed by atoms with van der Waals surface area (Å²) in [6, 6.07) is 4.85. The summed E-state index contributed by atoms with van der Waals surface area (Å²) in [5, 5.41) is 0. The van der Waals surface area contributed by atoms with Crippen LogP contribution in [0.2, 0.25) is 0 Å². The molecule has 0 saturated carbocycles. The van der Waals surface area contributed by atoms with Crippen molar-refractivity contribution < 1.29 is 26.3 Å². The van der Waals surface area contributed by atoms with Crippen molar-refractivity contribution in [3.63, 3.8) is 0 Å². The van der Waals surface area contributed by atoms with Crippen LogP contribution in [0.15, 0.2) is 36.5 Å². The van der Waals surface area contributed by atoms with E-state index >= 15 is 0 Å². The Labute approximate surface area is 129 Å². The van der Waals surface area contributed by atoms with Crippen LogP contribution in [-0.2, 0) is 12.4 Å². The molecule has 0 N–H and O–H groups in total. The Bertz CT molecular complexity index is 662. The van der Waals surface area contributed by atoms with Crippen molar-refractivity contribution in [2.45, 2.75) is 12.4 Å². The molecule has 1 heterocycles. The highest BCUT2D eigenvalue weighted by molar-refractivity contribution is 14.1. The molecule has 0 aliphatic carbocycles. The lowest BCUT2D eigenvalue weighted by molar-refractivity contribution is -0.138. The molecular formula is C13H6F6IN. The average Bonchev–Trinajstić information content (AvgIpc) is 2.37. The van der Waals surface area contributed by atoms with Crippen LogP contribution in [0.5, 0.6) is 0 Å². The van der Waals surface area contributed by atoms with Crippen molar-refractivity contribution in [3.05, 3.63) is 51.2 Å². The molecule has 0 unspecified atom stereocenters. The Hall–Kier alpha value is -1.32. The van der Waals surface area contributed by atoms with Gasteiger partial charge in [0.25, 0.3) is 0 Å². The number of benzene rings is 1. The summed E-state index contributed by atoms with van der Waals surface area (Å²) < 4.78 is 76.1. The number of hydrogen-bond donors (Lipinski definition) is 0. The highest BCUT2D eigenvalue weighted by Gasteiger charge is 2.35. The van der Waals surface area contributed by atoms with Gasteiger partial charge in [-0.2, -0.15) is 26.3 Å². The van der Waals surface area contributed by atoms with Crippen molar-refractivity contribution in [3.8, 4) is 11.3 Å². The fraction of sp³-hybridized carbons (Fsp3) is 0.154. The predicted octanol–water partition coefficient (Wildman–Crippen LogP) is 5.39. The molecule has 0 aliphatic heterocycles. The summed E-state index contributed by atoms with van der Waals surface area (Å²) in [4.78, 5) is 3.77. The number of aromatic nitrogens is 1. The van der Waals surface area contributed by atoms with Gasteiger partial charge < -0.3 is 0 Å². The van der Waals surface area contributed by atoms with E-state index < -0.39 is 23.5 Å². The summed E-state index contributed by atoms with van der Waals surface area (Å²) in [5.74, 6) is 0. The van der Waals surface area contributed by atoms with Crippen molar-refractivity contribution in [2.75, 3.05) is 0 Å². The second-order valence-electron chi connectivity index (χ2n) is 4.10. The Kier molecular flexibility index (Phi) is 4.18. The van der Waals surface area contributed by atoms with Crippen LogP contribution in [0, 0.1) is 3.57 Å². The molecule has 0 spiro atoms. The number of pyridine rings is 1. The third-order valence-electron chi connectivity index (χ3n) is 2.66. The molecule has 1 aromatic carbocycles. The molecule has 0 radical (unpaired) electrons. The van der Waals surface area contributed by atoms with Crippen LogP contribution in [0.3, 0.4) is 0 Å². The molecule has 0 atom stereocenters. The Balaban J connectivity index is 2.58. The van der Waals surface area contributed by atoms with Gasteiger partial charge >= 0.3 is 12.4 Å². The van der Waals surface area contributed by atoms with E-state index in [1.165, 1.54) is 28.7 Å². The standard InChI is InChI=1S/C13H6F6IN/c14-12(15,16)8-3-1-2-7(6-8)11-10(20)9(4-5-21-11)13(17,18)19/h1-6H. The van der Waals surface area contributed by atoms with Crippen molar-refractivity contribution in [1.82, 2.24) is 4.98 Å². The average molecular weight is 417 g/mol. The predicted molar refractivity (Wildman–Crippen MR) is 72.4 cm³/mol. The maximum atomic E-state index is 12.8. The quantitative estimate of drug-likeness (QED) is 0.448. The number of alkyl halides is 6. The third-order valence-corrected chi connectivity index (χ3v) is 3.75. The molecule has 2 aromatic rings. The van der Waals surface area contributed by atoms with Crippen molar-refractivity contribution in [1.29, 1.82) is 0 Å². The normalized spacial score (nSPS) is 12.5. The minimum Gasteiger partial charge on any atom is -0.255 e. The molecule has 1 aromatic heterocycles. The molecule has 0 aliphatic rings. The van der Waals surface area contributed by atoms with Gasteiger partial charge in [0.1, 0.15) is 0 Å². The van der Waals surface area contributed by atoms with E-state index in [2.05, 4.69) is 4.98 Å². The largest absolute Gasteiger partial charge is 0.417 e. The maximum Gasteiger partial charge on any atom is 0.417 e. The van der Waals surface area contributed by atoms with E-state index in [-0.39, 0.29) is 14.8 Å². The third kappa shape index (κ3) is 3.47. The van der Waals surface area contributed by atoms with Crippen LogP contribution in [0.1, 0.15) is 11.1 Å². The van der Waals surface area contributed by atoms with E-state index in [0.717, 1.165) is 30.5 Å². The minimum absolute atomic E-state index is 0.0136. The molecule has 1 nitrogen and oxygen atoms in total. The van der Waals surface area contributed by atoms with E-state index in [4.69, 9.17) is 0 Å². The summed E-state index contributed by atoms with van der Waals surface area (Å²) in [6.45, 7) is 0. The molecule has 21 heavy (non-hydrogen) atoms. The molecule has 0 saturated heterocycles. The second-order valence-corrected chi connectivity index (χ2v) is 5.18. The number of rotatable bonds is 1. The van der Waals surface area contributed by atoms with E-state index in [1.54, 1.807) is 0 Å². The van der Waals surface area contributed by atoms with Crippen LogP contribution >= 0.6 is 22.6 Å². The molecule has 8 heteroatoms. The molecule has 0 amide bonds. The fourth-order valence-electron chi connectivity index (χ4n) is 1.71. The first-order valence-electron chi connectivity index (χ1n) is 5.50. The van der Waals surface area contributed by atoms with Crippen LogP contribution in [0.4, 0.5) is 26.3 Å². The highest BCUT2D eigenvalue weighted by Crippen LogP contribution is 2.37. The molecule has 112 valence electrons. The van der Waals surface area contributed by atoms with Gasteiger partial charge in [-0.15, -0.1) is 0 Å². The Morgan fingerprint density at radius 1 is 0.905 bits per heavy atom. The summed E-state index contributed by atoms with van der Waals surface area (Å²) in [6.07, 6.45) is -8.22. The lowest BCUT2D eigenvalue weighted by Crippen LogP contribution is -2.09. The minimum atomic E-state index is -4.59. The second kappa shape index (κ2) is 5.47. The Morgan fingerprint density at radius 3 is 2.14 bits per heavy atom. The number of halogens is 7. The highest BCUT2D eigenvalue weighted by atomic mass is 127. The SMILES string of the molecule is FC(F)(F)c1cccc(-c2nccc(C(F)(F)F)c2I)c1. The van der Waals surface area contributed by atoms with Gasteiger partial charge in [0.2, 0.25) is 0 Å². The van der Waals surface area contributed by atoms with Gasteiger partial charge in [-0.25, -0.2) is 0 Å². The first kappa shape index (κ1) is 16.1. The summed E-state index contributed by atoms with van der Waals surface area (Å²) >= 11 is 1.44. The van der Waals surface area contributed by atoms with Crippen LogP contribution < -0.4 is 0 Å². The molecule has 2 rings (SSSR count). The van der Waals surface area contributed by atoms with Crippen LogP contribution in [-0.4, -0.2) is 4.98 Å². The smallest absolute Gasteiger partial charge is 0.255 e. The van der Waals surface area contributed by atoms with Gasteiger partial charge in [-0.1, -0.05) is 12.1 Å². The number of hydrogen-bond acceptors (Lipinski definition) is 1.